The van der Waals surface area contributed by atoms with Gasteiger partial charge in [-0.2, -0.15) is 15.0 Å². The van der Waals surface area contributed by atoms with Gasteiger partial charge >= 0.3 is 0 Å². The Labute approximate surface area is 113 Å². The predicted molar refractivity (Wildman–Crippen MR) is 70.3 cm³/mol. The number of thioether (sulfide) groups is 1. The Hall–Kier alpha value is -1.04. The Bertz CT molecular complexity index is 515. The van der Waals surface area contributed by atoms with E-state index in [0.717, 1.165) is 5.56 Å². The van der Waals surface area contributed by atoms with Crippen LogP contribution in [0.1, 0.15) is 5.56 Å². The highest BCUT2D eigenvalue weighted by Gasteiger charge is 2.05. The highest BCUT2D eigenvalue weighted by molar-refractivity contribution is 7.98. The Balaban J connectivity index is 2.10. The second-order valence-corrected chi connectivity index (χ2v) is 4.81. The van der Waals surface area contributed by atoms with Gasteiger partial charge in [-0.3, -0.25) is 0 Å². The van der Waals surface area contributed by atoms with Crippen molar-refractivity contribution in [1.29, 1.82) is 0 Å². The van der Waals surface area contributed by atoms with Gasteiger partial charge in [0.2, 0.25) is 11.2 Å². The van der Waals surface area contributed by atoms with Crippen molar-refractivity contribution in [3.8, 4) is 0 Å². The van der Waals surface area contributed by atoms with E-state index in [0.29, 0.717) is 15.9 Å². The molecule has 0 saturated heterocycles. The fourth-order valence-corrected chi connectivity index (χ4v) is 2.51. The summed E-state index contributed by atoms with van der Waals surface area (Å²) < 4.78 is 0. The van der Waals surface area contributed by atoms with Gasteiger partial charge in [0.25, 0.3) is 0 Å². The number of aromatic nitrogens is 3. The zero-order chi connectivity index (χ0) is 12.3. The average Bonchev–Trinajstić information content (AvgIpc) is 2.27. The van der Waals surface area contributed by atoms with Gasteiger partial charge in [0.05, 0.1) is 0 Å². The lowest BCUT2D eigenvalue weighted by atomic mass is 10.2. The molecule has 0 spiro atoms. The first-order chi connectivity index (χ1) is 8.15. The third kappa shape index (κ3) is 3.46. The third-order valence-electron chi connectivity index (χ3n) is 1.92. The molecule has 0 fully saturated rings. The standard InChI is InChI=1S/C10H8Cl2N4S/c11-7-4-2-1-3-6(7)5-17-10-15-8(12)14-9(13)16-10/h1-4H,5H2,(H2,13,14,15,16). The van der Waals surface area contributed by atoms with E-state index in [-0.39, 0.29) is 11.2 Å². The summed E-state index contributed by atoms with van der Waals surface area (Å²) >= 11 is 13.1. The molecule has 1 heterocycles. The summed E-state index contributed by atoms with van der Waals surface area (Å²) in [6, 6.07) is 7.60. The molecular formula is C10H8Cl2N4S. The maximum absolute atomic E-state index is 6.04. The normalized spacial score (nSPS) is 10.5. The summed E-state index contributed by atoms with van der Waals surface area (Å²) in [6.07, 6.45) is 0. The molecule has 1 aromatic carbocycles. The van der Waals surface area contributed by atoms with Gasteiger partial charge in [0.1, 0.15) is 0 Å². The molecule has 17 heavy (non-hydrogen) atoms. The van der Waals surface area contributed by atoms with Crippen LogP contribution in [0.4, 0.5) is 5.95 Å². The first-order valence-electron chi connectivity index (χ1n) is 4.68. The van der Waals surface area contributed by atoms with E-state index < -0.39 is 0 Å². The van der Waals surface area contributed by atoms with Crippen molar-refractivity contribution in [1.82, 2.24) is 15.0 Å². The Kier molecular flexibility index (Phi) is 4.04. The minimum Gasteiger partial charge on any atom is -0.368 e. The molecule has 0 aliphatic carbocycles. The highest BCUT2D eigenvalue weighted by Crippen LogP contribution is 2.24. The zero-order valence-corrected chi connectivity index (χ0v) is 10.9. The van der Waals surface area contributed by atoms with Crippen molar-refractivity contribution in [3.05, 3.63) is 40.1 Å². The molecule has 0 amide bonds. The molecule has 2 aromatic rings. The van der Waals surface area contributed by atoms with Crippen LogP contribution in [0.5, 0.6) is 0 Å². The summed E-state index contributed by atoms with van der Waals surface area (Å²) in [7, 11) is 0. The van der Waals surface area contributed by atoms with Crippen molar-refractivity contribution in [2.75, 3.05) is 5.73 Å². The summed E-state index contributed by atoms with van der Waals surface area (Å²) in [4.78, 5) is 11.6. The fourth-order valence-electron chi connectivity index (χ4n) is 1.17. The number of anilines is 1. The quantitative estimate of drug-likeness (QED) is 0.879. The molecule has 0 radical (unpaired) electrons. The summed E-state index contributed by atoms with van der Waals surface area (Å²) in [6.45, 7) is 0. The maximum atomic E-state index is 6.04. The van der Waals surface area contributed by atoms with Gasteiger partial charge in [-0.15, -0.1) is 0 Å². The van der Waals surface area contributed by atoms with E-state index in [1.807, 2.05) is 24.3 Å². The van der Waals surface area contributed by atoms with Gasteiger partial charge < -0.3 is 5.73 Å². The molecule has 0 aliphatic rings. The van der Waals surface area contributed by atoms with Crippen LogP contribution in [-0.2, 0) is 5.75 Å². The minimum absolute atomic E-state index is 0.0964. The van der Waals surface area contributed by atoms with Crippen molar-refractivity contribution < 1.29 is 0 Å². The molecule has 88 valence electrons. The van der Waals surface area contributed by atoms with Crippen molar-refractivity contribution in [3.63, 3.8) is 0 Å². The topological polar surface area (TPSA) is 64.7 Å². The van der Waals surface area contributed by atoms with E-state index in [1.165, 1.54) is 11.8 Å². The van der Waals surface area contributed by atoms with Crippen LogP contribution < -0.4 is 5.73 Å². The highest BCUT2D eigenvalue weighted by atomic mass is 35.5. The first kappa shape index (κ1) is 12.4. The SMILES string of the molecule is Nc1nc(Cl)nc(SCc2ccccc2Cl)n1. The number of hydrogen-bond donors (Lipinski definition) is 1. The van der Waals surface area contributed by atoms with Crippen LogP contribution >= 0.6 is 35.0 Å². The lowest BCUT2D eigenvalue weighted by molar-refractivity contribution is 0.916. The van der Waals surface area contributed by atoms with Gasteiger partial charge in [0.15, 0.2) is 5.16 Å². The van der Waals surface area contributed by atoms with E-state index in [9.17, 15) is 0 Å². The zero-order valence-electron chi connectivity index (χ0n) is 8.60. The van der Waals surface area contributed by atoms with Gasteiger partial charge in [-0.05, 0) is 23.2 Å². The fraction of sp³-hybridized carbons (Fsp3) is 0.100. The molecule has 0 aliphatic heterocycles. The number of halogens is 2. The second kappa shape index (κ2) is 5.53. The van der Waals surface area contributed by atoms with Crippen molar-refractivity contribution in [2.24, 2.45) is 0 Å². The molecule has 2 rings (SSSR count). The maximum Gasteiger partial charge on any atom is 0.228 e. The van der Waals surface area contributed by atoms with Crippen molar-refractivity contribution in [2.45, 2.75) is 10.9 Å². The van der Waals surface area contributed by atoms with Crippen LogP contribution in [-0.4, -0.2) is 15.0 Å². The predicted octanol–water partition coefficient (Wildman–Crippen LogP) is 3.05. The van der Waals surface area contributed by atoms with Crippen molar-refractivity contribution >= 4 is 40.9 Å². The van der Waals surface area contributed by atoms with E-state index in [4.69, 9.17) is 28.9 Å². The third-order valence-corrected chi connectivity index (χ3v) is 3.35. The number of rotatable bonds is 3. The summed E-state index contributed by atoms with van der Waals surface area (Å²) in [5, 5.41) is 1.30. The molecule has 4 nitrogen and oxygen atoms in total. The second-order valence-electron chi connectivity index (χ2n) is 3.13. The minimum atomic E-state index is 0.0964. The molecule has 0 bridgehead atoms. The van der Waals surface area contributed by atoms with Crippen LogP contribution in [0.15, 0.2) is 29.4 Å². The Morgan fingerprint density at radius 3 is 2.59 bits per heavy atom. The monoisotopic (exact) mass is 286 g/mol. The largest absolute Gasteiger partial charge is 0.368 e. The van der Waals surface area contributed by atoms with E-state index in [2.05, 4.69) is 15.0 Å². The molecule has 2 N–H and O–H groups in total. The van der Waals surface area contributed by atoms with Crippen LogP contribution in [0, 0.1) is 0 Å². The molecule has 0 saturated carbocycles. The van der Waals surface area contributed by atoms with Crippen LogP contribution in [0.3, 0.4) is 0 Å². The summed E-state index contributed by atoms with van der Waals surface area (Å²) in [5.41, 5.74) is 6.48. The van der Waals surface area contributed by atoms with Crippen LogP contribution in [0.25, 0.3) is 0 Å². The number of hydrogen-bond acceptors (Lipinski definition) is 5. The molecule has 7 heteroatoms. The van der Waals surface area contributed by atoms with E-state index >= 15 is 0 Å². The summed E-state index contributed by atoms with van der Waals surface area (Å²) in [5.74, 6) is 0.770. The molecule has 1 aromatic heterocycles. The Morgan fingerprint density at radius 1 is 1.12 bits per heavy atom. The van der Waals surface area contributed by atoms with E-state index in [1.54, 1.807) is 0 Å². The number of benzene rings is 1. The molecule has 0 unspecified atom stereocenters. The number of nitrogens with zero attached hydrogens (tertiary/aromatic N) is 3. The van der Waals surface area contributed by atoms with Gasteiger partial charge in [-0.25, -0.2) is 0 Å². The average molecular weight is 287 g/mol. The lowest BCUT2D eigenvalue weighted by Gasteiger charge is -2.03. The first-order valence-corrected chi connectivity index (χ1v) is 6.42. The molecular weight excluding hydrogens is 279 g/mol. The Morgan fingerprint density at radius 2 is 1.88 bits per heavy atom. The van der Waals surface area contributed by atoms with Crippen LogP contribution in [0.2, 0.25) is 10.3 Å². The van der Waals surface area contributed by atoms with Gasteiger partial charge in [0, 0.05) is 10.8 Å². The lowest BCUT2D eigenvalue weighted by Crippen LogP contribution is -1.99. The number of nitrogens with two attached hydrogens (primary N) is 1. The molecule has 0 atom stereocenters. The smallest absolute Gasteiger partial charge is 0.228 e. The number of nitrogen functional groups attached to an aromatic ring is 1. The van der Waals surface area contributed by atoms with Gasteiger partial charge in [-0.1, -0.05) is 41.6 Å².